The molecule has 1 atom stereocenters. The molecule has 1 aliphatic heterocycles. The molecular formula is C21H19Cl4N3O6. The van der Waals surface area contributed by atoms with Crippen molar-refractivity contribution >= 4 is 74.9 Å². The molecule has 0 bridgehead atoms. The van der Waals surface area contributed by atoms with E-state index < -0.39 is 29.1 Å². The number of fused-ring (bicyclic) bond motifs is 2. The standard InChI is InChI=1S/C21H19Cl4N3O6/c1-33-20(31)11-16(21(32)34-2)27-18(29)9-10(13(23)15(25)14(24)12(9)22)19(30)28(27)17(11)26-8-6-4-3-5-7-8/h8,16,26H,3-7H2,1-2H3. The van der Waals surface area contributed by atoms with E-state index in [-0.39, 0.29) is 48.3 Å². The van der Waals surface area contributed by atoms with Crippen molar-refractivity contribution in [1.82, 2.24) is 14.7 Å². The molecule has 1 aliphatic carbocycles. The van der Waals surface area contributed by atoms with Crippen LogP contribution in [-0.2, 0) is 19.1 Å². The molecule has 0 spiro atoms. The first-order valence-corrected chi connectivity index (χ1v) is 11.9. The van der Waals surface area contributed by atoms with Gasteiger partial charge in [0.25, 0.3) is 11.1 Å². The smallest absolute Gasteiger partial charge is 0.340 e. The van der Waals surface area contributed by atoms with Gasteiger partial charge in [-0.05, 0) is 12.8 Å². The molecule has 9 nitrogen and oxygen atoms in total. The summed E-state index contributed by atoms with van der Waals surface area (Å²) in [4.78, 5) is 53.1. The number of nitrogens with zero attached hydrogens (tertiary/aromatic N) is 2. The van der Waals surface area contributed by atoms with Crippen molar-refractivity contribution in [3.05, 3.63) is 46.4 Å². The van der Waals surface area contributed by atoms with Gasteiger partial charge >= 0.3 is 11.9 Å². The fourth-order valence-corrected chi connectivity index (χ4v) is 5.49. The lowest BCUT2D eigenvalue weighted by Crippen LogP contribution is -2.42. The van der Waals surface area contributed by atoms with E-state index in [2.05, 4.69) is 5.32 Å². The maximum Gasteiger partial charge on any atom is 0.340 e. The number of halogens is 4. The Morgan fingerprint density at radius 3 is 1.94 bits per heavy atom. The zero-order chi connectivity index (χ0) is 24.9. The molecule has 0 radical (unpaired) electrons. The molecule has 34 heavy (non-hydrogen) atoms. The van der Waals surface area contributed by atoms with E-state index in [1.54, 1.807) is 0 Å². The van der Waals surface area contributed by atoms with Gasteiger partial charge in [-0.1, -0.05) is 65.7 Å². The molecule has 1 aromatic carbocycles. The second-order valence-corrected chi connectivity index (χ2v) is 9.44. The first-order valence-electron chi connectivity index (χ1n) is 10.4. The molecule has 2 heterocycles. The molecular weight excluding hydrogens is 532 g/mol. The maximum absolute atomic E-state index is 13.8. The van der Waals surface area contributed by atoms with E-state index in [9.17, 15) is 19.2 Å². The first kappa shape index (κ1) is 24.9. The third kappa shape index (κ3) is 3.69. The molecule has 4 rings (SSSR count). The Bertz CT molecular complexity index is 1370. The lowest BCUT2D eigenvalue weighted by atomic mass is 9.95. The van der Waals surface area contributed by atoms with Crippen molar-refractivity contribution in [2.45, 2.75) is 44.2 Å². The van der Waals surface area contributed by atoms with Crippen molar-refractivity contribution in [2.75, 3.05) is 14.2 Å². The van der Waals surface area contributed by atoms with Gasteiger partial charge < -0.3 is 14.8 Å². The van der Waals surface area contributed by atoms with E-state index in [1.165, 1.54) is 0 Å². The number of carbonyl (C=O) groups excluding carboxylic acids is 2. The van der Waals surface area contributed by atoms with Crippen LogP contribution in [0.1, 0.15) is 38.1 Å². The Morgan fingerprint density at radius 1 is 0.853 bits per heavy atom. The largest absolute Gasteiger partial charge is 0.467 e. The zero-order valence-electron chi connectivity index (χ0n) is 18.0. The highest BCUT2D eigenvalue weighted by Gasteiger charge is 2.45. The Kier molecular flexibility index (Phi) is 6.92. The van der Waals surface area contributed by atoms with Crippen LogP contribution < -0.4 is 16.4 Å². The van der Waals surface area contributed by atoms with Crippen LogP contribution in [-0.4, -0.2) is 41.6 Å². The van der Waals surface area contributed by atoms with Crippen molar-refractivity contribution < 1.29 is 19.1 Å². The van der Waals surface area contributed by atoms with E-state index >= 15 is 0 Å². The molecule has 1 N–H and O–H groups in total. The van der Waals surface area contributed by atoms with Gasteiger partial charge in [0.15, 0.2) is 6.04 Å². The summed E-state index contributed by atoms with van der Waals surface area (Å²) in [6.07, 6.45) is 4.46. The van der Waals surface area contributed by atoms with Gasteiger partial charge in [-0.25, -0.2) is 14.3 Å². The fraction of sp³-hybridized carbons (Fsp3) is 0.429. The minimum Gasteiger partial charge on any atom is -0.467 e. The summed E-state index contributed by atoms with van der Waals surface area (Å²) >= 11 is 24.9. The molecule has 13 heteroatoms. The van der Waals surface area contributed by atoms with Crippen molar-refractivity contribution in [3.8, 4) is 0 Å². The Labute approximate surface area is 213 Å². The Hall–Kier alpha value is -2.20. The Balaban J connectivity index is 2.15. The lowest BCUT2D eigenvalue weighted by Gasteiger charge is -2.25. The number of nitrogens with one attached hydrogen (secondary N) is 1. The summed E-state index contributed by atoms with van der Waals surface area (Å²) < 4.78 is 11.5. The van der Waals surface area contributed by atoms with Crippen LogP contribution in [0.15, 0.2) is 15.2 Å². The number of carbonyl (C=O) groups is 2. The summed E-state index contributed by atoms with van der Waals surface area (Å²) in [5, 5.41) is 1.55. The summed E-state index contributed by atoms with van der Waals surface area (Å²) in [6, 6.07) is -1.73. The fourth-order valence-electron chi connectivity index (χ4n) is 4.48. The van der Waals surface area contributed by atoms with Gasteiger partial charge in [-0.2, -0.15) is 4.68 Å². The van der Waals surface area contributed by atoms with Gasteiger partial charge in [0.1, 0.15) is 11.4 Å². The molecule has 1 fully saturated rings. The van der Waals surface area contributed by atoms with Gasteiger partial charge in [-0.15, -0.1) is 0 Å². The quantitative estimate of drug-likeness (QED) is 0.350. The van der Waals surface area contributed by atoms with Crippen molar-refractivity contribution in [3.63, 3.8) is 0 Å². The SMILES string of the molecule is COC(=O)C1=C(NC2CCCCC2)n2c(=O)c3c(Cl)c(Cl)c(Cl)c(Cl)c3c(=O)n2C1C(=O)OC. The third-order valence-electron chi connectivity index (χ3n) is 6.07. The predicted octanol–water partition coefficient (Wildman–Crippen LogP) is 3.77. The van der Waals surface area contributed by atoms with E-state index in [1.807, 2.05) is 0 Å². The highest BCUT2D eigenvalue weighted by atomic mass is 35.5. The summed E-state index contributed by atoms with van der Waals surface area (Å²) in [5.41, 5.74) is -1.97. The van der Waals surface area contributed by atoms with E-state index in [0.29, 0.717) is 0 Å². The normalized spacial score (nSPS) is 18.2. The second kappa shape index (κ2) is 9.45. The number of rotatable bonds is 4. The number of hydrogen-bond acceptors (Lipinski definition) is 7. The number of aromatic nitrogens is 2. The number of methoxy groups -OCH3 is 2. The van der Waals surface area contributed by atoms with Crippen LogP contribution >= 0.6 is 46.4 Å². The molecule has 1 unspecified atom stereocenters. The van der Waals surface area contributed by atoms with Gasteiger partial charge in [-0.3, -0.25) is 9.59 Å². The van der Waals surface area contributed by atoms with Gasteiger partial charge in [0.05, 0.1) is 45.1 Å². The highest BCUT2D eigenvalue weighted by Crippen LogP contribution is 2.41. The topological polar surface area (TPSA) is 109 Å². The van der Waals surface area contributed by atoms with Crippen LogP contribution in [0.5, 0.6) is 0 Å². The summed E-state index contributed by atoms with van der Waals surface area (Å²) in [7, 11) is 2.22. The molecule has 182 valence electrons. The first-order chi connectivity index (χ1) is 16.1. The number of benzene rings is 1. The molecule has 1 saturated carbocycles. The summed E-state index contributed by atoms with van der Waals surface area (Å²) in [6.45, 7) is 0. The van der Waals surface area contributed by atoms with Gasteiger partial charge in [0.2, 0.25) is 0 Å². The monoisotopic (exact) mass is 549 g/mol. The molecule has 2 aliphatic rings. The average molecular weight is 551 g/mol. The van der Waals surface area contributed by atoms with E-state index in [4.69, 9.17) is 55.9 Å². The van der Waals surface area contributed by atoms with Crippen LogP contribution in [0.25, 0.3) is 16.6 Å². The van der Waals surface area contributed by atoms with Crippen LogP contribution in [0, 0.1) is 0 Å². The highest BCUT2D eigenvalue weighted by molar-refractivity contribution is 6.55. The van der Waals surface area contributed by atoms with Crippen LogP contribution in [0.2, 0.25) is 20.1 Å². The second-order valence-electron chi connectivity index (χ2n) is 7.93. The minimum atomic E-state index is -1.61. The lowest BCUT2D eigenvalue weighted by molar-refractivity contribution is -0.146. The average Bonchev–Trinajstić information content (AvgIpc) is 3.18. The molecule has 0 amide bonds. The Morgan fingerprint density at radius 2 is 1.41 bits per heavy atom. The predicted molar refractivity (Wildman–Crippen MR) is 129 cm³/mol. The van der Waals surface area contributed by atoms with Crippen LogP contribution in [0.3, 0.4) is 0 Å². The number of ether oxygens (including phenoxy) is 2. The summed E-state index contributed by atoms with van der Waals surface area (Å²) in [5.74, 6) is -1.94. The van der Waals surface area contributed by atoms with Crippen molar-refractivity contribution in [1.29, 1.82) is 0 Å². The molecule has 0 saturated heterocycles. The minimum absolute atomic E-state index is 0.0589. The van der Waals surface area contributed by atoms with E-state index in [0.717, 1.165) is 55.7 Å². The van der Waals surface area contributed by atoms with Gasteiger partial charge in [0, 0.05) is 6.04 Å². The van der Waals surface area contributed by atoms with Crippen molar-refractivity contribution in [2.24, 2.45) is 0 Å². The third-order valence-corrected chi connectivity index (χ3v) is 7.87. The maximum atomic E-state index is 13.8. The zero-order valence-corrected chi connectivity index (χ0v) is 21.1. The van der Waals surface area contributed by atoms with Crippen LogP contribution in [0.4, 0.5) is 0 Å². The number of esters is 2. The molecule has 2 aromatic rings. The number of hydrogen-bond donors (Lipinski definition) is 1. The molecule has 1 aromatic heterocycles.